The monoisotopic (exact) mass is 372 g/mol. The number of para-hydroxylation sites is 1. The molecule has 0 aliphatic carbocycles. The van der Waals surface area contributed by atoms with Gasteiger partial charge in [-0.15, -0.1) is 0 Å². The van der Waals surface area contributed by atoms with Crippen molar-refractivity contribution in [2.75, 3.05) is 5.32 Å². The maximum Gasteiger partial charge on any atom is 0.282 e. The summed E-state index contributed by atoms with van der Waals surface area (Å²) in [4.78, 5) is 27.9. The molecule has 2 aromatic carbocycles. The molecule has 0 atom stereocenters. The Hall–Kier alpha value is -4.00. The summed E-state index contributed by atoms with van der Waals surface area (Å²) in [6.45, 7) is 1.86. The average molecular weight is 372 g/mol. The number of pyridine rings is 1. The van der Waals surface area contributed by atoms with Gasteiger partial charge < -0.3 is 9.72 Å². The highest BCUT2D eigenvalue weighted by Crippen LogP contribution is 2.26. The lowest BCUT2D eigenvalue weighted by Gasteiger charge is -2.10. The molecule has 0 fully saturated rings. The minimum absolute atomic E-state index is 0.0185. The van der Waals surface area contributed by atoms with E-state index < -0.39 is 10.8 Å². The van der Waals surface area contributed by atoms with Crippen LogP contribution in [-0.4, -0.2) is 20.2 Å². The Morgan fingerprint density at radius 3 is 2.68 bits per heavy atom. The Kier molecular flexibility index (Phi) is 4.33. The second-order valence-electron chi connectivity index (χ2n) is 6.35. The van der Waals surface area contributed by atoms with Crippen LogP contribution in [0.3, 0.4) is 0 Å². The van der Waals surface area contributed by atoms with Gasteiger partial charge in [0.25, 0.3) is 11.6 Å². The normalized spacial score (nSPS) is 10.8. The summed E-state index contributed by atoms with van der Waals surface area (Å²) in [6.07, 6.45) is 3.82. The molecule has 0 radical (unpaired) electrons. The minimum Gasteiger partial charge on any atom is -0.322 e. The Balaban J connectivity index is 1.68. The van der Waals surface area contributed by atoms with E-state index in [4.69, 9.17) is 0 Å². The molecule has 0 spiro atoms. The first-order valence-corrected chi connectivity index (χ1v) is 8.62. The number of anilines is 1. The van der Waals surface area contributed by atoms with Crippen molar-refractivity contribution in [2.45, 2.75) is 6.92 Å². The van der Waals surface area contributed by atoms with E-state index in [0.29, 0.717) is 5.69 Å². The quantitative estimate of drug-likeness (QED) is 0.423. The van der Waals surface area contributed by atoms with Gasteiger partial charge in [0, 0.05) is 29.7 Å². The van der Waals surface area contributed by atoms with E-state index in [1.807, 2.05) is 60.1 Å². The number of aromatic nitrogens is 2. The first-order valence-electron chi connectivity index (χ1n) is 8.62. The number of nitrogens with zero attached hydrogens (tertiary/aromatic N) is 3. The fourth-order valence-electron chi connectivity index (χ4n) is 3.00. The molecule has 7 heteroatoms. The average Bonchev–Trinajstić information content (AvgIpc) is 3.13. The van der Waals surface area contributed by atoms with Gasteiger partial charge in [0.15, 0.2) is 0 Å². The number of imidazole rings is 1. The molecule has 0 unspecified atom stereocenters. The van der Waals surface area contributed by atoms with Crippen molar-refractivity contribution < 1.29 is 9.72 Å². The molecule has 0 bridgehead atoms. The predicted molar refractivity (Wildman–Crippen MR) is 106 cm³/mol. The third-order valence-electron chi connectivity index (χ3n) is 4.49. The van der Waals surface area contributed by atoms with Crippen molar-refractivity contribution in [3.63, 3.8) is 0 Å². The first-order chi connectivity index (χ1) is 13.5. The molecular formula is C21H16N4O3. The number of carbonyl (C=O) groups is 1. The van der Waals surface area contributed by atoms with Crippen LogP contribution in [0.25, 0.3) is 16.9 Å². The van der Waals surface area contributed by atoms with E-state index in [1.54, 1.807) is 6.07 Å². The Bertz CT molecular complexity index is 1180. The van der Waals surface area contributed by atoms with Crippen LogP contribution in [0.15, 0.2) is 73.1 Å². The SMILES string of the molecule is Cc1ccc(-c2cn3ccccc3n2)cc1NC(=O)c1ccccc1[N+](=O)[O-]. The summed E-state index contributed by atoms with van der Waals surface area (Å²) in [5.41, 5.74) is 3.65. The van der Waals surface area contributed by atoms with E-state index in [1.165, 1.54) is 18.2 Å². The minimum atomic E-state index is -0.561. The van der Waals surface area contributed by atoms with E-state index >= 15 is 0 Å². The Morgan fingerprint density at radius 1 is 1.11 bits per heavy atom. The molecule has 0 aliphatic rings. The van der Waals surface area contributed by atoms with Crippen LogP contribution in [0.1, 0.15) is 15.9 Å². The smallest absolute Gasteiger partial charge is 0.282 e. The van der Waals surface area contributed by atoms with Gasteiger partial charge in [-0.2, -0.15) is 0 Å². The van der Waals surface area contributed by atoms with E-state index in [2.05, 4.69) is 10.3 Å². The zero-order valence-corrected chi connectivity index (χ0v) is 15.0. The van der Waals surface area contributed by atoms with Gasteiger partial charge in [-0.25, -0.2) is 4.98 Å². The summed E-state index contributed by atoms with van der Waals surface area (Å²) in [5.74, 6) is -0.525. The fraction of sp³-hybridized carbons (Fsp3) is 0.0476. The van der Waals surface area contributed by atoms with Crippen LogP contribution in [-0.2, 0) is 0 Å². The number of benzene rings is 2. The van der Waals surface area contributed by atoms with E-state index in [0.717, 1.165) is 22.5 Å². The highest BCUT2D eigenvalue weighted by molar-refractivity contribution is 6.07. The van der Waals surface area contributed by atoms with Gasteiger partial charge in [-0.3, -0.25) is 14.9 Å². The van der Waals surface area contributed by atoms with Crippen molar-refractivity contribution >= 4 is 22.9 Å². The van der Waals surface area contributed by atoms with Crippen molar-refractivity contribution in [3.8, 4) is 11.3 Å². The molecular weight excluding hydrogens is 356 g/mol. The van der Waals surface area contributed by atoms with E-state index in [-0.39, 0.29) is 11.3 Å². The fourth-order valence-corrected chi connectivity index (χ4v) is 3.00. The number of aryl methyl sites for hydroxylation is 1. The summed E-state index contributed by atoms with van der Waals surface area (Å²) in [6, 6.07) is 17.3. The largest absolute Gasteiger partial charge is 0.322 e. The number of nitro benzene ring substituents is 1. The van der Waals surface area contributed by atoms with Crippen LogP contribution in [0.4, 0.5) is 11.4 Å². The van der Waals surface area contributed by atoms with Crippen LogP contribution in [0.2, 0.25) is 0 Å². The molecule has 138 valence electrons. The molecule has 4 rings (SSSR count). The van der Waals surface area contributed by atoms with Crippen LogP contribution in [0, 0.1) is 17.0 Å². The number of fused-ring (bicyclic) bond motifs is 1. The van der Waals surface area contributed by atoms with Gasteiger partial charge in [0.2, 0.25) is 0 Å². The van der Waals surface area contributed by atoms with Crippen LogP contribution >= 0.6 is 0 Å². The topological polar surface area (TPSA) is 89.5 Å². The Morgan fingerprint density at radius 2 is 1.89 bits per heavy atom. The summed E-state index contributed by atoms with van der Waals surface area (Å²) >= 11 is 0. The summed E-state index contributed by atoms with van der Waals surface area (Å²) in [5, 5.41) is 14.0. The van der Waals surface area contributed by atoms with Crippen LogP contribution in [0.5, 0.6) is 0 Å². The molecule has 28 heavy (non-hydrogen) atoms. The highest BCUT2D eigenvalue weighted by Gasteiger charge is 2.20. The maximum absolute atomic E-state index is 12.6. The number of rotatable bonds is 4. The molecule has 1 N–H and O–H groups in total. The second-order valence-corrected chi connectivity index (χ2v) is 6.35. The van der Waals surface area contributed by atoms with Crippen molar-refractivity contribution in [1.29, 1.82) is 0 Å². The zero-order chi connectivity index (χ0) is 19.7. The summed E-state index contributed by atoms with van der Waals surface area (Å²) in [7, 11) is 0. The molecule has 7 nitrogen and oxygen atoms in total. The number of nitrogens with one attached hydrogen (secondary N) is 1. The van der Waals surface area contributed by atoms with Gasteiger partial charge in [0.1, 0.15) is 11.2 Å². The summed E-state index contributed by atoms with van der Waals surface area (Å²) < 4.78 is 1.92. The van der Waals surface area contributed by atoms with Crippen molar-refractivity contribution in [1.82, 2.24) is 9.38 Å². The van der Waals surface area contributed by atoms with Crippen molar-refractivity contribution in [2.24, 2.45) is 0 Å². The lowest BCUT2D eigenvalue weighted by atomic mass is 10.1. The molecule has 1 amide bonds. The highest BCUT2D eigenvalue weighted by atomic mass is 16.6. The van der Waals surface area contributed by atoms with Crippen LogP contribution < -0.4 is 5.32 Å². The van der Waals surface area contributed by atoms with Crippen molar-refractivity contribution in [3.05, 3.63) is 94.3 Å². The number of carbonyl (C=O) groups excluding carboxylic acids is 1. The molecule has 0 saturated carbocycles. The van der Waals surface area contributed by atoms with Gasteiger partial charge in [-0.1, -0.05) is 30.3 Å². The third-order valence-corrected chi connectivity index (χ3v) is 4.49. The molecule has 0 aliphatic heterocycles. The first kappa shape index (κ1) is 17.4. The lowest BCUT2D eigenvalue weighted by Crippen LogP contribution is -2.14. The third kappa shape index (κ3) is 3.21. The maximum atomic E-state index is 12.6. The molecule has 2 aromatic heterocycles. The number of hydrogen-bond acceptors (Lipinski definition) is 4. The number of nitro groups is 1. The van der Waals surface area contributed by atoms with Gasteiger partial charge in [-0.05, 0) is 36.8 Å². The molecule has 0 saturated heterocycles. The lowest BCUT2D eigenvalue weighted by molar-refractivity contribution is -0.385. The second kappa shape index (κ2) is 6.96. The van der Waals surface area contributed by atoms with Gasteiger partial charge >= 0.3 is 0 Å². The standard InChI is InChI=1S/C21H16N4O3/c1-14-9-10-15(18-13-24-11-5-4-8-20(24)22-18)12-17(14)23-21(26)16-6-2-3-7-19(16)25(27)28/h2-13H,1H3,(H,23,26). The number of amides is 1. The van der Waals surface area contributed by atoms with Gasteiger partial charge in [0.05, 0.1) is 10.6 Å². The number of hydrogen-bond donors (Lipinski definition) is 1. The zero-order valence-electron chi connectivity index (χ0n) is 15.0. The van der Waals surface area contributed by atoms with E-state index in [9.17, 15) is 14.9 Å². The molecule has 4 aromatic rings. The Labute approximate surface area is 160 Å². The predicted octanol–water partition coefficient (Wildman–Crippen LogP) is 4.47. The molecule has 2 heterocycles.